The summed E-state index contributed by atoms with van der Waals surface area (Å²) in [4.78, 5) is 30.3. The Morgan fingerprint density at radius 1 is 1.38 bits per heavy atom. The summed E-state index contributed by atoms with van der Waals surface area (Å²) < 4.78 is 2.58. The maximum atomic E-state index is 12.5. The van der Waals surface area contributed by atoms with Crippen molar-refractivity contribution in [1.82, 2.24) is 14.1 Å². The number of nitriles is 1. The van der Waals surface area contributed by atoms with Crippen LogP contribution in [0.15, 0.2) is 33.2 Å². The van der Waals surface area contributed by atoms with Gasteiger partial charge in [0.25, 0.3) is 5.56 Å². The fourth-order valence-corrected chi connectivity index (χ4v) is 3.35. The van der Waals surface area contributed by atoms with Gasteiger partial charge in [0.1, 0.15) is 17.4 Å². The number of aromatic nitrogens is 3. The van der Waals surface area contributed by atoms with E-state index in [-0.39, 0.29) is 11.3 Å². The number of pyridine rings is 1. The SMILES string of the molecule is CC(C)Cn1c(=O)n(C)c(=O)c2cc(C#N)c(-c3cccs3)nc21. The van der Waals surface area contributed by atoms with Gasteiger partial charge in [-0.3, -0.25) is 13.9 Å². The molecule has 0 fully saturated rings. The van der Waals surface area contributed by atoms with Crippen LogP contribution in [0, 0.1) is 17.2 Å². The minimum Gasteiger partial charge on any atom is -0.277 e. The van der Waals surface area contributed by atoms with Gasteiger partial charge < -0.3 is 0 Å². The zero-order valence-electron chi connectivity index (χ0n) is 13.6. The van der Waals surface area contributed by atoms with E-state index in [1.165, 1.54) is 29.0 Å². The van der Waals surface area contributed by atoms with Gasteiger partial charge in [-0.2, -0.15) is 5.26 Å². The quantitative estimate of drug-likeness (QED) is 0.733. The van der Waals surface area contributed by atoms with Gasteiger partial charge in [-0.1, -0.05) is 19.9 Å². The lowest BCUT2D eigenvalue weighted by atomic mass is 10.1. The highest BCUT2D eigenvalue weighted by Crippen LogP contribution is 2.27. The van der Waals surface area contributed by atoms with Gasteiger partial charge in [-0.05, 0) is 23.4 Å². The Kier molecular flexibility index (Phi) is 4.08. The number of rotatable bonds is 3. The average Bonchev–Trinajstić information content (AvgIpc) is 3.09. The summed E-state index contributed by atoms with van der Waals surface area (Å²) in [5, 5.41) is 11.6. The summed E-state index contributed by atoms with van der Waals surface area (Å²) >= 11 is 1.46. The van der Waals surface area contributed by atoms with Crippen LogP contribution in [0.4, 0.5) is 0 Å². The van der Waals surface area contributed by atoms with Gasteiger partial charge in [0.05, 0.1) is 15.8 Å². The van der Waals surface area contributed by atoms with Crippen LogP contribution in [-0.2, 0) is 13.6 Å². The first-order chi connectivity index (χ1) is 11.4. The zero-order valence-corrected chi connectivity index (χ0v) is 14.4. The predicted octanol–water partition coefficient (Wildman–Crippen LogP) is 2.35. The molecular formula is C17H16N4O2S. The van der Waals surface area contributed by atoms with E-state index in [4.69, 9.17) is 0 Å². The van der Waals surface area contributed by atoms with Crippen molar-refractivity contribution in [2.24, 2.45) is 13.0 Å². The molecule has 3 heterocycles. The molecule has 0 aromatic carbocycles. The Morgan fingerprint density at radius 3 is 2.71 bits per heavy atom. The number of fused-ring (bicyclic) bond motifs is 1. The van der Waals surface area contributed by atoms with E-state index >= 15 is 0 Å². The number of hydrogen-bond donors (Lipinski definition) is 0. The van der Waals surface area contributed by atoms with Crippen molar-refractivity contribution in [2.45, 2.75) is 20.4 Å². The Bertz CT molecular complexity index is 1070. The van der Waals surface area contributed by atoms with Crippen molar-refractivity contribution < 1.29 is 0 Å². The Hall–Kier alpha value is -2.72. The van der Waals surface area contributed by atoms with E-state index in [1.54, 1.807) is 0 Å². The first-order valence-corrected chi connectivity index (χ1v) is 8.40. The molecule has 0 saturated heterocycles. The molecular weight excluding hydrogens is 324 g/mol. The summed E-state index contributed by atoms with van der Waals surface area (Å²) in [5.41, 5.74) is 0.341. The Labute approximate surface area is 142 Å². The van der Waals surface area contributed by atoms with E-state index in [1.807, 2.05) is 31.4 Å². The normalized spacial score (nSPS) is 11.1. The van der Waals surface area contributed by atoms with Gasteiger partial charge in [-0.15, -0.1) is 11.3 Å². The van der Waals surface area contributed by atoms with Crippen LogP contribution < -0.4 is 11.2 Å². The molecule has 0 saturated carbocycles. The molecule has 6 nitrogen and oxygen atoms in total. The van der Waals surface area contributed by atoms with Crippen molar-refractivity contribution >= 4 is 22.4 Å². The van der Waals surface area contributed by atoms with E-state index < -0.39 is 11.2 Å². The molecule has 122 valence electrons. The molecule has 0 spiro atoms. The zero-order chi connectivity index (χ0) is 17.4. The Morgan fingerprint density at radius 2 is 2.12 bits per heavy atom. The van der Waals surface area contributed by atoms with Gasteiger partial charge in [0.15, 0.2) is 0 Å². The average molecular weight is 340 g/mol. The lowest BCUT2D eigenvalue weighted by Gasteiger charge is -2.14. The first kappa shape index (κ1) is 16.1. The van der Waals surface area contributed by atoms with Gasteiger partial charge in [0.2, 0.25) is 0 Å². The molecule has 0 aliphatic heterocycles. The maximum absolute atomic E-state index is 12.5. The lowest BCUT2D eigenvalue weighted by molar-refractivity contribution is 0.500. The second-order valence-corrected chi connectivity index (χ2v) is 6.94. The van der Waals surface area contributed by atoms with Crippen LogP contribution in [0.25, 0.3) is 21.6 Å². The third-order valence-electron chi connectivity index (χ3n) is 3.73. The van der Waals surface area contributed by atoms with E-state index in [0.29, 0.717) is 23.4 Å². The molecule has 0 aliphatic rings. The van der Waals surface area contributed by atoms with Crippen LogP contribution in [0.3, 0.4) is 0 Å². The van der Waals surface area contributed by atoms with E-state index in [0.717, 1.165) is 9.44 Å². The summed E-state index contributed by atoms with van der Waals surface area (Å²) in [6.07, 6.45) is 0. The summed E-state index contributed by atoms with van der Waals surface area (Å²) in [6, 6.07) is 7.38. The van der Waals surface area contributed by atoms with Gasteiger partial charge >= 0.3 is 5.69 Å². The third-order valence-corrected chi connectivity index (χ3v) is 4.61. The first-order valence-electron chi connectivity index (χ1n) is 7.52. The van der Waals surface area contributed by atoms with Crippen LogP contribution in [0.2, 0.25) is 0 Å². The number of thiophene rings is 1. The van der Waals surface area contributed by atoms with Crippen molar-refractivity contribution in [2.75, 3.05) is 0 Å². The van der Waals surface area contributed by atoms with Crippen LogP contribution in [0.1, 0.15) is 19.4 Å². The third kappa shape index (κ3) is 2.55. The predicted molar refractivity (Wildman–Crippen MR) is 94.1 cm³/mol. The molecule has 7 heteroatoms. The fourth-order valence-electron chi connectivity index (χ4n) is 2.62. The maximum Gasteiger partial charge on any atom is 0.332 e. The molecule has 0 unspecified atom stereocenters. The molecule has 0 radical (unpaired) electrons. The minimum absolute atomic E-state index is 0.214. The number of hydrogen-bond acceptors (Lipinski definition) is 5. The Balaban J connectivity index is 2.47. The minimum atomic E-state index is -0.434. The number of nitrogens with zero attached hydrogens (tertiary/aromatic N) is 4. The van der Waals surface area contributed by atoms with Crippen LogP contribution in [-0.4, -0.2) is 14.1 Å². The highest BCUT2D eigenvalue weighted by Gasteiger charge is 2.17. The van der Waals surface area contributed by atoms with Crippen molar-refractivity contribution in [1.29, 1.82) is 5.26 Å². The molecule has 3 aromatic heterocycles. The topological polar surface area (TPSA) is 80.7 Å². The molecule has 0 atom stereocenters. The largest absolute Gasteiger partial charge is 0.332 e. The van der Waals surface area contributed by atoms with Gasteiger partial charge in [0, 0.05) is 13.6 Å². The van der Waals surface area contributed by atoms with Crippen molar-refractivity contribution in [3.63, 3.8) is 0 Å². The monoisotopic (exact) mass is 340 g/mol. The molecule has 0 bridgehead atoms. The molecule has 24 heavy (non-hydrogen) atoms. The van der Waals surface area contributed by atoms with Crippen molar-refractivity contribution in [3.8, 4) is 16.6 Å². The highest BCUT2D eigenvalue weighted by molar-refractivity contribution is 7.13. The van der Waals surface area contributed by atoms with E-state index in [9.17, 15) is 14.9 Å². The molecule has 0 amide bonds. The second kappa shape index (κ2) is 6.06. The standard InChI is InChI=1S/C17H16N4O2S/c1-10(2)9-21-15-12(16(22)20(3)17(21)23)7-11(8-18)14(19-15)13-5-4-6-24-13/h4-7,10H,9H2,1-3H3. The molecule has 3 rings (SSSR count). The smallest absolute Gasteiger partial charge is 0.277 e. The molecule has 0 aliphatic carbocycles. The summed E-state index contributed by atoms with van der Waals surface area (Å²) in [6.45, 7) is 4.44. The molecule has 0 N–H and O–H groups in total. The van der Waals surface area contributed by atoms with Gasteiger partial charge in [-0.25, -0.2) is 9.78 Å². The second-order valence-electron chi connectivity index (χ2n) is 6.00. The van der Waals surface area contributed by atoms with Crippen molar-refractivity contribution in [3.05, 3.63) is 50.0 Å². The summed E-state index contributed by atoms with van der Waals surface area (Å²) in [5.74, 6) is 0.214. The highest BCUT2D eigenvalue weighted by atomic mass is 32.1. The fraction of sp³-hybridized carbons (Fsp3) is 0.294. The lowest BCUT2D eigenvalue weighted by Crippen LogP contribution is -2.39. The molecule has 3 aromatic rings. The summed E-state index contributed by atoms with van der Waals surface area (Å²) in [7, 11) is 1.44. The van der Waals surface area contributed by atoms with E-state index in [2.05, 4.69) is 11.1 Å². The van der Waals surface area contributed by atoms with Crippen LogP contribution >= 0.6 is 11.3 Å². The van der Waals surface area contributed by atoms with Crippen LogP contribution in [0.5, 0.6) is 0 Å².